The molecule has 0 aliphatic heterocycles. The summed E-state index contributed by atoms with van der Waals surface area (Å²) in [5, 5.41) is 5.74. The summed E-state index contributed by atoms with van der Waals surface area (Å²) in [6, 6.07) is 11.5. The number of benzene rings is 1. The second-order valence-corrected chi connectivity index (χ2v) is 7.82. The van der Waals surface area contributed by atoms with Crippen molar-refractivity contribution in [2.75, 3.05) is 6.54 Å². The maximum Gasteiger partial charge on any atom is 0.318 e. The van der Waals surface area contributed by atoms with E-state index in [9.17, 15) is 9.59 Å². The number of nitrogens with one attached hydrogen (secondary N) is 2. The van der Waals surface area contributed by atoms with Crippen LogP contribution in [0.25, 0.3) is 0 Å². The summed E-state index contributed by atoms with van der Waals surface area (Å²) in [5.74, 6) is -0.0830. The Balaban J connectivity index is 1.93. The number of amides is 3. The summed E-state index contributed by atoms with van der Waals surface area (Å²) in [4.78, 5) is 28.6. The third-order valence-electron chi connectivity index (χ3n) is 4.00. The number of aryl methyl sites for hydroxylation is 1. The number of thiophene rings is 1. The average molecular weight is 374 g/mol. The van der Waals surface area contributed by atoms with Crippen LogP contribution in [-0.2, 0) is 13.1 Å². The lowest BCUT2D eigenvalue weighted by atomic mass is 10.1. The molecule has 2 rings (SSSR count). The zero-order valence-corrected chi connectivity index (χ0v) is 16.7. The Labute approximate surface area is 159 Å². The van der Waals surface area contributed by atoms with E-state index < -0.39 is 0 Å². The molecule has 0 aliphatic rings. The smallest absolute Gasteiger partial charge is 0.318 e. The summed E-state index contributed by atoms with van der Waals surface area (Å²) < 4.78 is 0. The maximum absolute atomic E-state index is 12.6. The lowest BCUT2D eigenvalue weighted by Gasteiger charge is -2.26. The zero-order chi connectivity index (χ0) is 19.1. The standard InChI is InChI=1S/C20H27N3O2S/c1-5-21-19(24)17-9-7-16(8-10-17)12-22-20(25)23(14(2)3)13-18-11-6-15(4)26-18/h6-11,14H,5,12-13H2,1-4H3,(H,21,24)(H,22,25). The van der Waals surface area contributed by atoms with Crippen LogP contribution in [0, 0.1) is 6.92 Å². The highest BCUT2D eigenvalue weighted by Crippen LogP contribution is 2.18. The Morgan fingerprint density at radius 3 is 2.31 bits per heavy atom. The first-order valence-electron chi connectivity index (χ1n) is 8.87. The van der Waals surface area contributed by atoms with Crippen LogP contribution in [-0.4, -0.2) is 29.4 Å². The van der Waals surface area contributed by atoms with E-state index in [4.69, 9.17) is 0 Å². The fourth-order valence-corrected chi connectivity index (χ4v) is 3.43. The van der Waals surface area contributed by atoms with Crippen molar-refractivity contribution in [3.8, 4) is 0 Å². The summed E-state index contributed by atoms with van der Waals surface area (Å²) in [7, 11) is 0. The SMILES string of the molecule is CCNC(=O)c1ccc(CNC(=O)N(Cc2ccc(C)s2)C(C)C)cc1. The molecule has 0 atom stereocenters. The highest BCUT2D eigenvalue weighted by atomic mass is 32.1. The third kappa shape index (κ3) is 5.59. The Morgan fingerprint density at radius 1 is 1.08 bits per heavy atom. The van der Waals surface area contributed by atoms with Crippen LogP contribution in [0.4, 0.5) is 4.79 Å². The summed E-state index contributed by atoms with van der Waals surface area (Å²) in [6.45, 7) is 9.63. The molecule has 0 radical (unpaired) electrons. The lowest BCUT2D eigenvalue weighted by Crippen LogP contribution is -2.43. The molecule has 2 N–H and O–H groups in total. The van der Waals surface area contributed by atoms with Crippen LogP contribution < -0.4 is 10.6 Å². The minimum Gasteiger partial charge on any atom is -0.352 e. The molecule has 140 valence electrons. The number of hydrogen-bond acceptors (Lipinski definition) is 3. The van der Waals surface area contributed by atoms with Crippen molar-refractivity contribution >= 4 is 23.3 Å². The van der Waals surface area contributed by atoms with Crippen LogP contribution in [0.5, 0.6) is 0 Å². The second-order valence-electron chi connectivity index (χ2n) is 6.45. The highest BCUT2D eigenvalue weighted by Gasteiger charge is 2.17. The lowest BCUT2D eigenvalue weighted by molar-refractivity contribution is 0.0955. The van der Waals surface area contributed by atoms with Crippen molar-refractivity contribution < 1.29 is 9.59 Å². The highest BCUT2D eigenvalue weighted by molar-refractivity contribution is 7.11. The summed E-state index contributed by atoms with van der Waals surface area (Å²) in [6.07, 6.45) is 0. The van der Waals surface area contributed by atoms with Crippen molar-refractivity contribution in [2.24, 2.45) is 0 Å². The predicted molar refractivity (Wildman–Crippen MR) is 106 cm³/mol. The Kier molecular flexibility index (Phi) is 7.21. The van der Waals surface area contributed by atoms with Gasteiger partial charge in [-0.05, 0) is 57.5 Å². The summed E-state index contributed by atoms with van der Waals surface area (Å²) in [5.41, 5.74) is 1.58. The number of rotatable bonds is 7. The van der Waals surface area contributed by atoms with Gasteiger partial charge in [0, 0.05) is 34.4 Å². The van der Waals surface area contributed by atoms with Gasteiger partial charge in [-0.15, -0.1) is 11.3 Å². The van der Waals surface area contributed by atoms with Crippen molar-refractivity contribution in [2.45, 2.75) is 46.8 Å². The van der Waals surface area contributed by atoms with Crippen molar-refractivity contribution in [3.05, 3.63) is 57.3 Å². The average Bonchev–Trinajstić information content (AvgIpc) is 3.03. The minimum atomic E-state index is -0.0844. The van der Waals surface area contributed by atoms with E-state index in [1.54, 1.807) is 23.5 Å². The molecular weight excluding hydrogens is 346 g/mol. The molecule has 0 saturated heterocycles. The Morgan fingerprint density at radius 2 is 1.77 bits per heavy atom. The van der Waals surface area contributed by atoms with Gasteiger partial charge in [-0.25, -0.2) is 4.79 Å². The van der Waals surface area contributed by atoms with Crippen LogP contribution in [0.3, 0.4) is 0 Å². The van der Waals surface area contributed by atoms with Gasteiger partial charge in [0.2, 0.25) is 0 Å². The molecule has 1 aromatic carbocycles. The normalized spacial score (nSPS) is 10.7. The van der Waals surface area contributed by atoms with E-state index in [0.29, 0.717) is 25.2 Å². The van der Waals surface area contributed by atoms with Gasteiger partial charge in [-0.1, -0.05) is 12.1 Å². The van der Waals surface area contributed by atoms with Gasteiger partial charge in [0.1, 0.15) is 0 Å². The van der Waals surface area contributed by atoms with Gasteiger partial charge in [-0.2, -0.15) is 0 Å². The van der Waals surface area contributed by atoms with E-state index in [0.717, 1.165) is 5.56 Å². The van der Waals surface area contributed by atoms with E-state index in [2.05, 4.69) is 29.7 Å². The van der Waals surface area contributed by atoms with Gasteiger partial charge >= 0.3 is 6.03 Å². The number of nitrogens with zero attached hydrogens (tertiary/aromatic N) is 1. The Hall–Kier alpha value is -2.34. The summed E-state index contributed by atoms with van der Waals surface area (Å²) >= 11 is 1.71. The third-order valence-corrected chi connectivity index (χ3v) is 4.99. The monoisotopic (exact) mass is 373 g/mol. The van der Waals surface area contributed by atoms with E-state index >= 15 is 0 Å². The van der Waals surface area contributed by atoms with Crippen LogP contribution in [0.2, 0.25) is 0 Å². The maximum atomic E-state index is 12.6. The minimum absolute atomic E-state index is 0.0830. The van der Waals surface area contributed by atoms with Crippen molar-refractivity contribution in [1.82, 2.24) is 15.5 Å². The second kappa shape index (κ2) is 9.38. The van der Waals surface area contributed by atoms with Crippen LogP contribution in [0.1, 0.15) is 46.4 Å². The largest absolute Gasteiger partial charge is 0.352 e. The van der Waals surface area contributed by atoms with Crippen molar-refractivity contribution in [3.63, 3.8) is 0 Å². The fourth-order valence-electron chi connectivity index (χ4n) is 2.54. The molecular formula is C20H27N3O2S. The molecule has 0 unspecified atom stereocenters. The first kappa shape index (κ1) is 20.0. The Bertz CT molecular complexity index is 738. The molecule has 0 bridgehead atoms. The van der Waals surface area contributed by atoms with Crippen molar-refractivity contribution in [1.29, 1.82) is 0 Å². The zero-order valence-electron chi connectivity index (χ0n) is 15.8. The molecule has 26 heavy (non-hydrogen) atoms. The molecule has 1 aromatic heterocycles. The number of carbonyl (C=O) groups is 2. The van der Waals surface area contributed by atoms with Gasteiger partial charge < -0.3 is 15.5 Å². The molecule has 2 aromatic rings. The van der Waals surface area contributed by atoms with E-state index in [1.807, 2.05) is 37.8 Å². The quantitative estimate of drug-likeness (QED) is 0.772. The van der Waals surface area contributed by atoms with Gasteiger partial charge in [0.25, 0.3) is 5.91 Å². The molecule has 6 heteroatoms. The molecule has 0 spiro atoms. The molecule has 0 saturated carbocycles. The molecule has 1 heterocycles. The fraction of sp³-hybridized carbons (Fsp3) is 0.400. The first-order chi connectivity index (χ1) is 12.4. The van der Waals surface area contributed by atoms with Crippen LogP contribution >= 0.6 is 11.3 Å². The molecule has 5 nitrogen and oxygen atoms in total. The van der Waals surface area contributed by atoms with Gasteiger partial charge in [0.15, 0.2) is 0 Å². The van der Waals surface area contributed by atoms with Gasteiger partial charge in [-0.3, -0.25) is 4.79 Å². The molecule has 0 aliphatic carbocycles. The number of urea groups is 1. The first-order valence-corrected chi connectivity index (χ1v) is 9.69. The van der Waals surface area contributed by atoms with Crippen LogP contribution in [0.15, 0.2) is 36.4 Å². The number of hydrogen-bond donors (Lipinski definition) is 2. The van der Waals surface area contributed by atoms with E-state index in [1.165, 1.54) is 9.75 Å². The molecule has 3 amide bonds. The topological polar surface area (TPSA) is 61.4 Å². The van der Waals surface area contributed by atoms with E-state index in [-0.39, 0.29) is 18.0 Å². The molecule has 0 fully saturated rings. The van der Waals surface area contributed by atoms with Gasteiger partial charge in [0.05, 0.1) is 6.54 Å². The predicted octanol–water partition coefficient (Wildman–Crippen LogP) is 3.93. The number of carbonyl (C=O) groups excluding carboxylic acids is 2.